The first kappa shape index (κ1) is 27.5. The van der Waals surface area contributed by atoms with Gasteiger partial charge >= 0.3 is 6.09 Å². The summed E-state index contributed by atoms with van der Waals surface area (Å²) in [4.78, 5) is 12.7. The largest absolute Gasteiger partial charge is 0.432 e. The van der Waals surface area contributed by atoms with E-state index >= 15 is 0 Å². The predicted molar refractivity (Wildman–Crippen MR) is 154 cm³/mol. The van der Waals surface area contributed by atoms with E-state index in [1.165, 1.54) is 22.9 Å². The average Bonchev–Trinajstić information content (AvgIpc) is 3.22. The van der Waals surface area contributed by atoms with Crippen molar-refractivity contribution in [3.8, 4) is 11.6 Å². The van der Waals surface area contributed by atoms with E-state index in [1.807, 2.05) is 0 Å². The fourth-order valence-electron chi connectivity index (χ4n) is 3.95. The van der Waals surface area contributed by atoms with E-state index in [2.05, 4.69) is 16.0 Å². The molecule has 7 nitrogen and oxygen atoms in total. The lowest BCUT2D eigenvalue weighted by atomic mass is 10.1. The van der Waals surface area contributed by atoms with Gasteiger partial charge < -0.3 is 4.74 Å². The maximum atomic E-state index is 13.5. The second-order valence-electron chi connectivity index (χ2n) is 8.35. The fourth-order valence-corrected chi connectivity index (χ4v) is 6.14. The Balaban J connectivity index is 1.54. The van der Waals surface area contributed by atoms with E-state index < -0.39 is 16.9 Å². The van der Waals surface area contributed by atoms with Crippen LogP contribution in [-0.2, 0) is 16.6 Å². The molecule has 0 saturated carbocycles. The zero-order valence-electron chi connectivity index (χ0n) is 19.7. The first-order valence-electron chi connectivity index (χ1n) is 11.3. The zero-order valence-corrected chi connectivity index (χ0v) is 23.5. The number of hydrogen-bond acceptors (Lipinski definition) is 5. The van der Waals surface area contributed by atoms with E-state index in [0.717, 1.165) is 0 Å². The van der Waals surface area contributed by atoms with Gasteiger partial charge in [0.25, 0.3) is 0 Å². The molecule has 0 fully saturated rings. The number of carbonyl (C=O) groups is 1. The Bertz CT molecular complexity index is 1640. The Morgan fingerprint density at radius 1 is 0.974 bits per heavy atom. The molecule has 1 amide bonds. The third-order valence-electron chi connectivity index (χ3n) is 5.64. The van der Waals surface area contributed by atoms with Crippen LogP contribution in [0.3, 0.4) is 0 Å². The second-order valence-corrected chi connectivity index (χ2v) is 11.5. The highest BCUT2D eigenvalue weighted by Gasteiger charge is 2.31. The number of carbonyl (C=O) groups excluding carboxylic acids is 1. The van der Waals surface area contributed by atoms with Gasteiger partial charge in [0.05, 0.1) is 44.2 Å². The molecular weight excluding hydrogens is 609 g/mol. The minimum atomic E-state index is -1.33. The second kappa shape index (κ2) is 11.6. The van der Waals surface area contributed by atoms with Crippen molar-refractivity contribution in [3.63, 3.8) is 0 Å². The van der Waals surface area contributed by atoms with Crippen LogP contribution in [0.1, 0.15) is 16.8 Å². The highest BCUT2D eigenvalue weighted by Crippen LogP contribution is 2.38. The van der Waals surface area contributed by atoms with Crippen LogP contribution in [-0.4, -0.2) is 25.8 Å². The first-order valence-corrected chi connectivity index (χ1v) is 14.3. The average molecular weight is 626 g/mol. The number of fused-ring (bicyclic) bond motifs is 1. The van der Waals surface area contributed by atoms with Gasteiger partial charge in [-0.15, -0.1) is 5.10 Å². The summed E-state index contributed by atoms with van der Waals surface area (Å²) in [6, 6.07) is 15.4. The first-order chi connectivity index (χ1) is 18.7. The van der Waals surface area contributed by atoms with Crippen LogP contribution in [0.4, 0.5) is 14.9 Å². The lowest BCUT2D eigenvalue weighted by Crippen LogP contribution is -2.32. The van der Waals surface area contributed by atoms with Gasteiger partial charge in [-0.05, 0) is 65.7 Å². The number of nitrogens with one attached hydrogen (secondary N) is 2. The maximum Gasteiger partial charge on any atom is 0.432 e. The van der Waals surface area contributed by atoms with Crippen molar-refractivity contribution in [1.82, 2.24) is 15.2 Å². The third kappa shape index (κ3) is 6.23. The molecule has 2 N–H and O–H groups in total. The summed E-state index contributed by atoms with van der Waals surface area (Å²) in [7, 11) is -1.33. The summed E-state index contributed by atoms with van der Waals surface area (Å²) in [6.45, 7) is 0. The summed E-state index contributed by atoms with van der Waals surface area (Å²) >= 11 is 24.6. The SMILES string of the molecule is O=C(NNc1ccc(Cl)cc1Cl)Oc1nn(-c2ccc(Cl)cc2Cl)c2c1CS(=O)C/C2=C\c1ccc(F)cc1. The summed E-state index contributed by atoms with van der Waals surface area (Å²) in [6.07, 6.45) is 0.891. The number of nitrogens with zero attached hydrogens (tertiary/aromatic N) is 2. The van der Waals surface area contributed by atoms with E-state index in [0.29, 0.717) is 48.8 Å². The topological polar surface area (TPSA) is 85.2 Å². The molecule has 0 bridgehead atoms. The monoisotopic (exact) mass is 624 g/mol. The Kier molecular flexibility index (Phi) is 8.16. The van der Waals surface area contributed by atoms with Crippen LogP contribution < -0.4 is 15.6 Å². The number of amides is 1. The Hall–Kier alpha value is -3.08. The van der Waals surface area contributed by atoms with Crippen molar-refractivity contribution < 1.29 is 18.1 Å². The number of halogens is 5. The molecular formula is C26H17Cl4FN4O3S. The Labute approximate surface area is 244 Å². The zero-order chi connectivity index (χ0) is 27.7. The molecule has 0 radical (unpaired) electrons. The van der Waals surface area contributed by atoms with Crippen molar-refractivity contribution in [2.75, 3.05) is 11.2 Å². The molecule has 0 saturated heterocycles. The maximum absolute atomic E-state index is 13.5. The standard InChI is InChI=1S/C26H17Cl4FN4O3S/c27-16-3-7-22(20(29)10-16)32-33-26(36)38-25-19-13-39(37)12-15(9-14-1-5-18(31)6-2-14)24(19)35(34-25)23-8-4-17(28)11-21(23)30/h1-11,32H,12-13H2,(H,33,36)/b15-9+. The van der Waals surface area contributed by atoms with Gasteiger partial charge in [-0.2, -0.15) is 0 Å². The summed E-state index contributed by atoms with van der Waals surface area (Å²) in [5.74, 6) is -0.155. The third-order valence-corrected chi connectivity index (χ3v) is 7.97. The van der Waals surface area contributed by atoms with Crippen molar-refractivity contribution in [2.24, 2.45) is 0 Å². The normalized spacial score (nSPS) is 15.6. The molecule has 1 unspecified atom stereocenters. The van der Waals surface area contributed by atoms with Gasteiger partial charge in [0.15, 0.2) is 0 Å². The van der Waals surface area contributed by atoms with E-state index in [-0.39, 0.29) is 28.2 Å². The van der Waals surface area contributed by atoms with Crippen LogP contribution in [0.15, 0.2) is 60.7 Å². The molecule has 1 atom stereocenters. The van der Waals surface area contributed by atoms with Crippen molar-refractivity contribution in [1.29, 1.82) is 0 Å². The Morgan fingerprint density at radius 3 is 2.36 bits per heavy atom. The highest BCUT2D eigenvalue weighted by molar-refractivity contribution is 7.84. The van der Waals surface area contributed by atoms with Crippen LogP contribution in [0.25, 0.3) is 17.3 Å². The number of hydrogen-bond donors (Lipinski definition) is 2. The molecule has 1 aliphatic rings. The number of aromatic nitrogens is 2. The van der Waals surface area contributed by atoms with E-state index in [1.54, 1.807) is 48.5 Å². The quantitative estimate of drug-likeness (QED) is 0.224. The van der Waals surface area contributed by atoms with Gasteiger partial charge in [0, 0.05) is 20.8 Å². The fraction of sp³-hybridized carbons (Fsp3) is 0.0769. The number of benzene rings is 3. The van der Waals surface area contributed by atoms with Crippen LogP contribution in [0.5, 0.6) is 5.88 Å². The molecule has 1 aromatic heterocycles. The number of hydrazine groups is 1. The van der Waals surface area contributed by atoms with Crippen LogP contribution in [0, 0.1) is 5.82 Å². The molecule has 13 heteroatoms. The number of ether oxygens (including phenoxy) is 1. The van der Waals surface area contributed by atoms with Crippen molar-refractivity contribution in [3.05, 3.63) is 103 Å². The van der Waals surface area contributed by atoms with Gasteiger partial charge in [-0.3, -0.25) is 9.63 Å². The molecule has 200 valence electrons. The molecule has 4 aromatic rings. The lowest BCUT2D eigenvalue weighted by Gasteiger charge is -2.18. The molecule has 2 heterocycles. The molecule has 0 spiro atoms. The smallest absolute Gasteiger partial charge is 0.388 e. The summed E-state index contributed by atoms with van der Waals surface area (Å²) in [5.41, 5.74) is 8.24. The minimum Gasteiger partial charge on any atom is -0.388 e. The molecule has 39 heavy (non-hydrogen) atoms. The number of rotatable bonds is 5. The summed E-state index contributed by atoms with van der Waals surface area (Å²) < 4.78 is 33.4. The van der Waals surface area contributed by atoms with Crippen LogP contribution in [0.2, 0.25) is 20.1 Å². The van der Waals surface area contributed by atoms with Crippen molar-refractivity contribution in [2.45, 2.75) is 5.75 Å². The van der Waals surface area contributed by atoms with Gasteiger partial charge in [0.2, 0.25) is 5.88 Å². The Morgan fingerprint density at radius 2 is 1.67 bits per heavy atom. The van der Waals surface area contributed by atoms with Crippen molar-refractivity contribution >= 4 is 80.6 Å². The number of anilines is 1. The minimum absolute atomic E-state index is 0.0597. The van der Waals surface area contributed by atoms with Gasteiger partial charge in [-0.25, -0.2) is 19.3 Å². The lowest BCUT2D eigenvalue weighted by molar-refractivity contribution is 0.200. The molecule has 0 aliphatic carbocycles. The molecule has 5 rings (SSSR count). The van der Waals surface area contributed by atoms with Crippen LogP contribution >= 0.6 is 46.4 Å². The predicted octanol–water partition coefficient (Wildman–Crippen LogP) is 7.54. The van der Waals surface area contributed by atoms with Gasteiger partial charge in [0.1, 0.15) is 5.82 Å². The van der Waals surface area contributed by atoms with Gasteiger partial charge in [-0.1, -0.05) is 58.5 Å². The highest BCUT2D eigenvalue weighted by atomic mass is 35.5. The molecule has 1 aliphatic heterocycles. The van der Waals surface area contributed by atoms with E-state index in [9.17, 15) is 13.4 Å². The summed E-state index contributed by atoms with van der Waals surface area (Å²) in [5, 5.41) is 5.96. The van der Waals surface area contributed by atoms with E-state index in [4.69, 9.17) is 51.1 Å². The molecule has 3 aromatic carbocycles.